The van der Waals surface area contributed by atoms with Crippen LogP contribution in [-0.4, -0.2) is 22.6 Å². The van der Waals surface area contributed by atoms with E-state index in [9.17, 15) is 9.90 Å². The maximum Gasteiger partial charge on any atom is 0.302 e. The van der Waals surface area contributed by atoms with Gasteiger partial charge in [-0.25, -0.2) is 0 Å². The minimum atomic E-state index is -0.563. The van der Waals surface area contributed by atoms with Gasteiger partial charge in [-0.05, 0) is 51.0 Å². The van der Waals surface area contributed by atoms with Crippen LogP contribution in [0.2, 0.25) is 0 Å². The molecule has 0 aliphatic rings. The highest BCUT2D eigenvalue weighted by Crippen LogP contribution is 2.36. The topological polar surface area (TPSA) is 87.0 Å². The van der Waals surface area contributed by atoms with Crippen molar-refractivity contribution in [2.24, 2.45) is 10.2 Å². The Morgan fingerprint density at radius 1 is 1.07 bits per heavy atom. The standard InChI is InChI=1S/C20H13Br2N3O3/c21-12-6-7-13-11(9-12)5-8-16(18(13)22)28-10-17(26)24-25-19-14-3-1-2-4-15(14)23-20(19)27/h1-9,23,27H,10H2. The summed E-state index contributed by atoms with van der Waals surface area (Å²) in [5.41, 5.74) is 0.936. The fraction of sp³-hybridized carbons (Fsp3) is 0.0500. The second-order valence-corrected chi connectivity index (χ2v) is 7.70. The van der Waals surface area contributed by atoms with Gasteiger partial charge in [0.1, 0.15) is 5.75 Å². The van der Waals surface area contributed by atoms with E-state index in [1.165, 1.54) is 0 Å². The van der Waals surface area contributed by atoms with Crippen LogP contribution >= 0.6 is 31.9 Å². The lowest BCUT2D eigenvalue weighted by Gasteiger charge is -2.09. The molecule has 0 aliphatic heterocycles. The van der Waals surface area contributed by atoms with Gasteiger partial charge in [0, 0.05) is 9.86 Å². The molecule has 1 aromatic heterocycles. The highest BCUT2D eigenvalue weighted by Gasteiger charge is 2.12. The fourth-order valence-electron chi connectivity index (χ4n) is 2.84. The second-order valence-electron chi connectivity index (χ2n) is 5.99. The maximum absolute atomic E-state index is 12.1. The number of aromatic amines is 1. The molecule has 0 aliphatic carbocycles. The van der Waals surface area contributed by atoms with E-state index in [1.807, 2.05) is 36.4 Å². The first kappa shape index (κ1) is 18.6. The summed E-state index contributed by atoms with van der Waals surface area (Å²) in [6.45, 7) is -0.271. The number of azo groups is 1. The van der Waals surface area contributed by atoms with Gasteiger partial charge < -0.3 is 14.8 Å². The zero-order valence-electron chi connectivity index (χ0n) is 14.3. The van der Waals surface area contributed by atoms with Crippen LogP contribution in [0, 0.1) is 0 Å². The molecule has 1 heterocycles. The molecule has 4 rings (SSSR count). The number of rotatable bonds is 4. The number of aromatic nitrogens is 1. The lowest BCUT2D eigenvalue weighted by molar-refractivity contribution is -0.120. The maximum atomic E-state index is 12.1. The van der Waals surface area contributed by atoms with Gasteiger partial charge in [0.2, 0.25) is 5.88 Å². The lowest BCUT2D eigenvalue weighted by Crippen LogP contribution is -2.08. The third-order valence-corrected chi connectivity index (χ3v) is 5.46. The van der Waals surface area contributed by atoms with Crippen LogP contribution in [0.4, 0.5) is 5.69 Å². The predicted molar refractivity (Wildman–Crippen MR) is 114 cm³/mol. The number of halogens is 2. The average molecular weight is 503 g/mol. The first-order valence-electron chi connectivity index (χ1n) is 8.28. The Labute approximate surface area is 176 Å². The first-order valence-corrected chi connectivity index (χ1v) is 9.86. The van der Waals surface area contributed by atoms with E-state index in [4.69, 9.17) is 4.74 Å². The molecule has 1 amide bonds. The van der Waals surface area contributed by atoms with Gasteiger partial charge >= 0.3 is 5.91 Å². The monoisotopic (exact) mass is 501 g/mol. The van der Waals surface area contributed by atoms with Gasteiger partial charge in [0.15, 0.2) is 12.3 Å². The molecule has 0 atom stereocenters. The number of carbonyl (C=O) groups is 1. The molecular formula is C20H13Br2N3O3. The van der Waals surface area contributed by atoms with Crippen molar-refractivity contribution in [3.8, 4) is 11.6 Å². The number of fused-ring (bicyclic) bond motifs is 2. The van der Waals surface area contributed by atoms with Crippen LogP contribution in [0.25, 0.3) is 21.7 Å². The second kappa shape index (κ2) is 7.73. The molecule has 0 fully saturated rings. The molecule has 2 N–H and O–H groups in total. The minimum Gasteiger partial charge on any atom is -0.493 e. The number of para-hydroxylation sites is 1. The van der Waals surface area contributed by atoms with E-state index in [0.29, 0.717) is 16.7 Å². The van der Waals surface area contributed by atoms with Crippen molar-refractivity contribution in [3.63, 3.8) is 0 Å². The molecule has 140 valence electrons. The van der Waals surface area contributed by atoms with Gasteiger partial charge in [0.25, 0.3) is 0 Å². The van der Waals surface area contributed by atoms with Crippen molar-refractivity contribution in [2.75, 3.05) is 6.61 Å². The number of benzene rings is 3. The summed E-state index contributed by atoms with van der Waals surface area (Å²) in [7, 11) is 0. The van der Waals surface area contributed by atoms with E-state index >= 15 is 0 Å². The Hall–Kier alpha value is -2.71. The summed E-state index contributed by atoms with van der Waals surface area (Å²) in [6, 6.07) is 16.8. The molecule has 0 radical (unpaired) electrons. The smallest absolute Gasteiger partial charge is 0.302 e. The number of nitrogens with one attached hydrogen (secondary N) is 1. The summed E-state index contributed by atoms with van der Waals surface area (Å²) < 4.78 is 7.34. The van der Waals surface area contributed by atoms with Crippen molar-refractivity contribution < 1.29 is 14.6 Å². The molecular weight excluding hydrogens is 490 g/mol. The van der Waals surface area contributed by atoms with E-state index in [0.717, 1.165) is 19.7 Å². The van der Waals surface area contributed by atoms with E-state index < -0.39 is 5.91 Å². The van der Waals surface area contributed by atoms with Crippen LogP contribution < -0.4 is 4.74 Å². The molecule has 28 heavy (non-hydrogen) atoms. The number of ether oxygens (including phenoxy) is 1. The molecule has 6 nitrogen and oxygen atoms in total. The first-order chi connectivity index (χ1) is 13.5. The number of hydrogen-bond donors (Lipinski definition) is 2. The normalized spacial score (nSPS) is 11.5. The van der Waals surface area contributed by atoms with Gasteiger partial charge in [-0.3, -0.25) is 4.79 Å². The molecule has 0 unspecified atom stereocenters. The summed E-state index contributed by atoms with van der Waals surface area (Å²) in [5.74, 6) is -0.164. The third-order valence-electron chi connectivity index (χ3n) is 4.15. The van der Waals surface area contributed by atoms with Gasteiger partial charge in [-0.2, -0.15) is 0 Å². The summed E-state index contributed by atoms with van der Waals surface area (Å²) in [4.78, 5) is 14.9. The Balaban J connectivity index is 1.49. The Kier molecular flexibility index (Phi) is 5.15. The number of aromatic hydroxyl groups is 1. The number of nitrogens with zero attached hydrogens (tertiary/aromatic N) is 2. The zero-order chi connectivity index (χ0) is 19.7. The van der Waals surface area contributed by atoms with Crippen LogP contribution in [0.1, 0.15) is 0 Å². The number of carbonyl (C=O) groups excluding carboxylic acids is 1. The molecule has 0 bridgehead atoms. The van der Waals surface area contributed by atoms with Gasteiger partial charge in [-0.1, -0.05) is 46.3 Å². The van der Waals surface area contributed by atoms with Crippen molar-refractivity contribution in [1.29, 1.82) is 0 Å². The zero-order valence-corrected chi connectivity index (χ0v) is 17.5. The Morgan fingerprint density at radius 3 is 2.75 bits per heavy atom. The largest absolute Gasteiger partial charge is 0.493 e. The predicted octanol–water partition coefficient (Wildman–Crippen LogP) is 6.24. The molecule has 0 saturated heterocycles. The lowest BCUT2D eigenvalue weighted by atomic mass is 10.1. The van der Waals surface area contributed by atoms with E-state index in [2.05, 4.69) is 47.1 Å². The van der Waals surface area contributed by atoms with Crippen molar-refractivity contribution in [1.82, 2.24) is 4.98 Å². The average Bonchev–Trinajstić information content (AvgIpc) is 3.00. The number of hydrogen-bond acceptors (Lipinski definition) is 4. The summed E-state index contributed by atoms with van der Waals surface area (Å²) >= 11 is 6.97. The van der Waals surface area contributed by atoms with Crippen molar-refractivity contribution >= 4 is 65.1 Å². The number of amides is 1. The third kappa shape index (κ3) is 3.65. The SMILES string of the molecule is O=C(COc1ccc2cc(Br)ccc2c1Br)N=Nc1c(O)[nH]c2ccccc12. The van der Waals surface area contributed by atoms with Crippen LogP contribution in [0.15, 0.2) is 73.8 Å². The highest BCUT2D eigenvalue weighted by atomic mass is 79.9. The number of H-pyrrole nitrogens is 1. The summed E-state index contributed by atoms with van der Waals surface area (Å²) in [5, 5.41) is 20.2. The van der Waals surface area contributed by atoms with Gasteiger partial charge in [-0.15, -0.1) is 10.2 Å². The van der Waals surface area contributed by atoms with Crippen LogP contribution in [0.5, 0.6) is 11.6 Å². The van der Waals surface area contributed by atoms with Crippen LogP contribution in [-0.2, 0) is 4.79 Å². The fourth-order valence-corrected chi connectivity index (χ4v) is 3.83. The summed E-state index contributed by atoms with van der Waals surface area (Å²) in [6.07, 6.45) is 0. The molecule has 0 spiro atoms. The van der Waals surface area contributed by atoms with Crippen molar-refractivity contribution in [2.45, 2.75) is 0 Å². The van der Waals surface area contributed by atoms with Crippen LogP contribution in [0.3, 0.4) is 0 Å². The quantitative estimate of drug-likeness (QED) is 0.324. The van der Waals surface area contributed by atoms with E-state index in [1.54, 1.807) is 18.2 Å². The minimum absolute atomic E-state index is 0.137. The molecule has 0 saturated carbocycles. The molecule has 8 heteroatoms. The van der Waals surface area contributed by atoms with E-state index in [-0.39, 0.29) is 18.2 Å². The van der Waals surface area contributed by atoms with Gasteiger partial charge in [0.05, 0.1) is 9.99 Å². The Morgan fingerprint density at radius 2 is 1.89 bits per heavy atom. The van der Waals surface area contributed by atoms with Crippen molar-refractivity contribution in [3.05, 3.63) is 63.5 Å². The molecule has 3 aromatic carbocycles. The highest BCUT2D eigenvalue weighted by molar-refractivity contribution is 9.11. The molecule has 4 aromatic rings. The Bertz CT molecular complexity index is 1230.